The van der Waals surface area contributed by atoms with E-state index in [0.29, 0.717) is 6.04 Å². The van der Waals surface area contributed by atoms with Crippen LogP contribution in [0.25, 0.3) is 11.0 Å². The monoisotopic (exact) mass is 273 g/mol. The first-order chi connectivity index (χ1) is 9.70. The molecule has 1 aliphatic rings. The van der Waals surface area contributed by atoms with Crippen LogP contribution in [0.3, 0.4) is 0 Å². The van der Waals surface area contributed by atoms with Gasteiger partial charge in [-0.15, -0.1) is 0 Å². The van der Waals surface area contributed by atoms with Gasteiger partial charge >= 0.3 is 5.97 Å². The third-order valence-corrected chi connectivity index (χ3v) is 4.10. The van der Waals surface area contributed by atoms with Crippen LogP contribution < -0.4 is 5.32 Å². The molecule has 106 valence electrons. The molecule has 1 fully saturated rings. The fraction of sp³-hybridized carbons (Fsp3) is 0.467. The van der Waals surface area contributed by atoms with Gasteiger partial charge in [-0.05, 0) is 31.0 Å². The lowest BCUT2D eigenvalue weighted by Crippen LogP contribution is -2.14. The van der Waals surface area contributed by atoms with Gasteiger partial charge in [0.05, 0.1) is 16.6 Å². The van der Waals surface area contributed by atoms with Crippen molar-refractivity contribution in [3.63, 3.8) is 0 Å². The van der Waals surface area contributed by atoms with Crippen LogP contribution in [-0.2, 0) is 0 Å². The van der Waals surface area contributed by atoms with Crippen molar-refractivity contribution >= 4 is 23.0 Å². The summed E-state index contributed by atoms with van der Waals surface area (Å²) in [6.07, 6.45) is 6.14. The molecule has 0 spiro atoms. The fourth-order valence-electron chi connectivity index (χ4n) is 3.12. The number of aromatic nitrogens is 2. The van der Waals surface area contributed by atoms with E-state index in [2.05, 4.69) is 14.9 Å². The zero-order chi connectivity index (χ0) is 14.1. The number of carbonyl (C=O) groups is 1. The van der Waals surface area contributed by atoms with Crippen LogP contribution in [0.5, 0.6) is 0 Å². The fourth-order valence-corrected chi connectivity index (χ4v) is 3.12. The van der Waals surface area contributed by atoms with Gasteiger partial charge in [-0.3, -0.25) is 0 Å². The van der Waals surface area contributed by atoms with Crippen molar-refractivity contribution in [3.8, 4) is 0 Å². The molecular formula is C15H19N3O2. The van der Waals surface area contributed by atoms with Gasteiger partial charge in [0.2, 0.25) is 5.95 Å². The number of hydrogen-bond donors (Lipinski definition) is 2. The maximum atomic E-state index is 11.1. The number of carboxylic acids is 1. The Labute approximate surface area is 117 Å². The molecule has 5 heteroatoms. The Balaban J connectivity index is 2.11. The Hall–Kier alpha value is -2.04. The van der Waals surface area contributed by atoms with Crippen LogP contribution in [0.4, 0.5) is 5.95 Å². The number of nitrogens with zero attached hydrogens (tertiary/aromatic N) is 2. The van der Waals surface area contributed by atoms with Crippen LogP contribution in [0.15, 0.2) is 18.2 Å². The van der Waals surface area contributed by atoms with Gasteiger partial charge in [0.1, 0.15) is 0 Å². The highest BCUT2D eigenvalue weighted by Gasteiger charge is 2.21. The van der Waals surface area contributed by atoms with Crippen LogP contribution in [0.2, 0.25) is 0 Å². The Bertz CT molecular complexity index is 642. The predicted octanol–water partition coefficient (Wildman–Crippen LogP) is 3.28. The SMILES string of the molecule is CNc1nc2cc(C(=O)O)ccc2n1C1CCCCC1. The molecule has 2 N–H and O–H groups in total. The normalized spacial score (nSPS) is 16.4. The van der Waals surface area contributed by atoms with E-state index in [1.807, 2.05) is 13.1 Å². The van der Waals surface area contributed by atoms with Crippen LogP contribution >= 0.6 is 0 Å². The summed E-state index contributed by atoms with van der Waals surface area (Å²) in [4.78, 5) is 15.6. The lowest BCUT2D eigenvalue weighted by Gasteiger charge is -2.25. The lowest BCUT2D eigenvalue weighted by atomic mass is 9.95. The van der Waals surface area contributed by atoms with Gasteiger partial charge in [-0.1, -0.05) is 19.3 Å². The van der Waals surface area contributed by atoms with Gasteiger partial charge in [0, 0.05) is 13.1 Å². The Kier molecular flexibility index (Phi) is 3.34. The summed E-state index contributed by atoms with van der Waals surface area (Å²) in [6.45, 7) is 0. The predicted molar refractivity (Wildman–Crippen MR) is 78.4 cm³/mol. The van der Waals surface area contributed by atoms with E-state index in [4.69, 9.17) is 5.11 Å². The number of nitrogens with one attached hydrogen (secondary N) is 1. The number of rotatable bonds is 3. The van der Waals surface area contributed by atoms with Crippen LogP contribution in [0, 0.1) is 0 Å². The molecule has 3 rings (SSSR count). The Morgan fingerprint density at radius 3 is 2.75 bits per heavy atom. The van der Waals surface area contributed by atoms with E-state index in [1.54, 1.807) is 12.1 Å². The lowest BCUT2D eigenvalue weighted by molar-refractivity contribution is 0.0697. The molecule has 1 aliphatic carbocycles. The number of hydrogen-bond acceptors (Lipinski definition) is 3. The van der Waals surface area contributed by atoms with E-state index in [-0.39, 0.29) is 5.56 Å². The topological polar surface area (TPSA) is 67.2 Å². The summed E-state index contributed by atoms with van der Waals surface area (Å²) in [6, 6.07) is 5.65. The Morgan fingerprint density at radius 1 is 1.35 bits per heavy atom. The van der Waals surface area contributed by atoms with Gasteiger partial charge in [-0.2, -0.15) is 0 Å². The third kappa shape index (κ3) is 2.13. The molecule has 0 amide bonds. The zero-order valence-electron chi connectivity index (χ0n) is 11.6. The minimum atomic E-state index is -0.912. The molecule has 5 nitrogen and oxygen atoms in total. The first kappa shape index (κ1) is 13.0. The Morgan fingerprint density at radius 2 is 2.10 bits per heavy atom. The second-order valence-electron chi connectivity index (χ2n) is 5.36. The molecule has 0 aliphatic heterocycles. The minimum absolute atomic E-state index is 0.286. The number of anilines is 1. The van der Waals surface area contributed by atoms with Crippen molar-refractivity contribution in [1.82, 2.24) is 9.55 Å². The first-order valence-electron chi connectivity index (χ1n) is 7.13. The number of aromatic carboxylic acids is 1. The highest BCUT2D eigenvalue weighted by molar-refractivity contribution is 5.93. The van der Waals surface area contributed by atoms with E-state index in [1.165, 1.54) is 32.1 Å². The molecular weight excluding hydrogens is 254 g/mol. The largest absolute Gasteiger partial charge is 0.478 e. The van der Waals surface area contributed by atoms with E-state index in [0.717, 1.165) is 17.0 Å². The van der Waals surface area contributed by atoms with Gasteiger partial charge in [0.15, 0.2) is 0 Å². The van der Waals surface area contributed by atoms with Crippen molar-refractivity contribution in [2.45, 2.75) is 38.1 Å². The van der Waals surface area contributed by atoms with Crippen molar-refractivity contribution in [2.75, 3.05) is 12.4 Å². The standard InChI is InChI=1S/C15H19N3O2/c1-16-15-17-12-9-10(14(19)20)7-8-13(12)18(15)11-5-3-2-4-6-11/h7-9,11H,2-6H2,1H3,(H,16,17)(H,19,20). The highest BCUT2D eigenvalue weighted by Crippen LogP contribution is 2.34. The summed E-state index contributed by atoms with van der Waals surface area (Å²) in [5.41, 5.74) is 2.06. The number of imidazole rings is 1. The molecule has 0 bridgehead atoms. The average molecular weight is 273 g/mol. The first-order valence-corrected chi connectivity index (χ1v) is 7.13. The van der Waals surface area contributed by atoms with E-state index < -0.39 is 5.97 Å². The van der Waals surface area contributed by atoms with Crippen molar-refractivity contribution < 1.29 is 9.90 Å². The molecule has 1 heterocycles. The quantitative estimate of drug-likeness (QED) is 0.900. The zero-order valence-corrected chi connectivity index (χ0v) is 11.6. The molecule has 1 aromatic heterocycles. The van der Waals surface area contributed by atoms with Gasteiger partial charge < -0.3 is 15.0 Å². The van der Waals surface area contributed by atoms with Gasteiger partial charge in [-0.25, -0.2) is 9.78 Å². The number of carboxylic acid groups (broad SMARTS) is 1. The molecule has 0 unspecified atom stereocenters. The second-order valence-corrected chi connectivity index (χ2v) is 5.36. The smallest absolute Gasteiger partial charge is 0.335 e. The van der Waals surface area contributed by atoms with Gasteiger partial charge in [0.25, 0.3) is 0 Å². The summed E-state index contributed by atoms with van der Waals surface area (Å²) < 4.78 is 2.24. The average Bonchev–Trinajstić information content (AvgIpc) is 2.85. The molecule has 1 saturated carbocycles. The number of fused-ring (bicyclic) bond motifs is 1. The van der Waals surface area contributed by atoms with Crippen LogP contribution in [-0.4, -0.2) is 27.7 Å². The maximum Gasteiger partial charge on any atom is 0.335 e. The second kappa shape index (κ2) is 5.15. The molecule has 0 atom stereocenters. The summed E-state index contributed by atoms with van der Waals surface area (Å²) in [5, 5.41) is 12.2. The minimum Gasteiger partial charge on any atom is -0.478 e. The van der Waals surface area contributed by atoms with Crippen molar-refractivity contribution in [1.29, 1.82) is 0 Å². The molecule has 0 radical (unpaired) electrons. The molecule has 0 saturated heterocycles. The van der Waals surface area contributed by atoms with E-state index in [9.17, 15) is 4.79 Å². The van der Waals surface area contributed by atoms with Crippen LogP contribution in [0.1, 0.15) is 48.5 Å². The number of benzene rings is 1. The van der Waals surface area contributed by atoms with Crippen molar-refractivity contribution in [2.24, 2.45) is 0 Å². The third-order valence-electron chi connectivity index (χ3n) is 4.10. The highest BCUT2D eigenvalue weighted by atomic mass is 16.4. The van der Waals surface area contributed by atoms with Crippen molar-refractivity contribution in [3.05, 3.63) is 23.8 Å². The summed E-state index contributed by atoms with van der Waals surface area (Å²) in [7, 11) is 1.86. The molecule has 2 aromatic rings. The molecule has 20 heavy (non-hydrogen) atoms. The van der Waals surface area contributed by atoms with E-state index >= 15 is 0 Å². The molecule has 1 aromatic carbocycles. The summed E-state index contributed by atoms with van der Waals surface area (Å²) in [5.74, 6) is -0.0837. The summed E-state index contributed by atoms with van der Waals surface area (Å²) >= 11 is 0. The maximum absolute atomic E-state index is 11.1.